The maximum atomic E-state index is 12.6. The fourth-order valence-corrected chi connectivity index (χ4v) is 14.1. The van der Waals surface area contributed by atoms with Gasteiger partial charge in [0.2, 0.25) is 0 Å². The number of carboxylic acids is 2. The predicted molar refractivity (Wildman–Crippen MR) is 133 cm³/mol. The molecule has 3 rings (SSSR count). The number of carboxylic acid groups (broad SMARTS) is 2. The number of aromatic carboxylic acids is 2. The van der Waals surface area contributed by atoms with Crippen LogP contribution in [0.25, 0.3) is 10.9 Å². The van der Waals surface area contributed by atoms with E-state index in [1.54, 1.807) is 0 Å². The number of fused-ring (bicyclic) bond motifs is 3. The lowest BCUT2D eigenvalue weighted by molar-refractivity contribution is 0.0652. The minimum atomic E-state index is -2.20. The lowest BCUT2D eigenvalue weighted by Gasteiger charge is -2.46. The summed E-state index contributed by atoms with van der Waals surface area (Å²) in [7, 11) is -2.20. The number of nitrogens with zero attached hydrogens (tertiary/aromatic N) is 1. The van der Waals surface area contributed by atoms with E-state index in [0.29, 0.717) is 34.9 Å². The van der Waals surface area contributed by atoms with E-state index in [-0.39, 0.29) is 11.1 Å². The third kappa shape index (κ3) is 3.17. The summed E-state index contributed by atoms with van der Waals surface area (Å²) in [4.78, 5) is 25.0. The summed E-state index contributed by atoms with van der Waals surface area (Å²) in [5, 5.41) is 21.1. The van der Waals surface area contributed by atoms with Crippen LogP contribution in [0.5, 0.6) is 0 Å². The Hall–Kier alpha value is -2.08. The van der Waals surface area contributed by atoms with Crippen LogP contribution in [0.4, 0.5) is 0 Å². The van der Waals surface area contributed by atoms with Gasteiger partial charge in [0.25, 0.3) is 0 Å². The number of hydrogen-bond acceptors (Lipinski definition) is 2. The Morgan fingerprint density at radius 2 is 1.34 bits per heavy atom. The van der Waals surface area contributed by atoms with E-state index in [4.69, 9.17) is 0 Å². The molecule has 2 aromatic rings. The van der Waals surface area contributed by atoms with Crippen molar-refractivity contribution in [1.29, 1.82) is 0 Å². The number of aromatic nitrogens is 1. The molecule has 0 saturated carbocycles. The van der Waals surface area contributed by atoms with Gasteiger partial charge in [-0.15, -0.1) is 0 Å². The van der Waals surface area contributed by atoms with Gasteiger partial charge >= 0.3 is 11.9 Å². The number of benzene rings is 1. The molecule has 0 unspecified atom stereocenters. The molecule has 0 radical (unpaired) electrons. The molecule has 2 N–H and O–H groups in total. The normalized spacial score (nSPS) is 14.2. The molecule has 0 atom stereocenters. The monoisotopic (exact) mass is 457 g/mol. The summed E-state index contributed by atoms with van der Waals surface area (Å²) in [6.07, 6.45) is 3.85. The highest BCUT2D eigenvalue weighted by atomic mass is 28.3. The number of aryl methyl sites for hydroxylation is 2. The molecule has 1 heterocycles. The quantitative estimate of drug-likeness (QED) is 0.434. The topological polar surface area (TPSA) is 79.5 Å². The fraction of sp³-hybridized carbons (Fsp3) is 0.615. The van der Waals surface area contributed by atoms with E-state index in [9.17, 15) is 19.8 Å². The van der Waals surface area contributed by atoms with Crippen LogP contribution in [0.1, 0.15) is 105 Å². The molecule has 1 aliphatic rings. The van der Waals surface area contributed by atoms with Gasteiger partial charge in [-0.1, -0.05) is 55.4 Å². The minimum Gasteiger partial charge on any atom is -0.478 e. The van der Waals surface area contributed by atoms with Gasteiger partial charge < -0.3 is 14.4 Å². The standard InChI is InChI=1S/C26H39NO4Si/c1-9-17-20(10-2)27(32(14(3)4,15(5)6)16(7)8)24-19-13-11-12-18(19)22(25(28)29)23(21(17)24)26(30)31/h14-16H,9-13H2,1-8H3,(H,28,29)(H,30,31). The Labute approximate surface area is 192 Å². The summed E-state index contributed by atoms with van der Waals surface area (Å²) in [5.74, 6) is -2.24. The molecule has 0 aliphatic heterocycles. The molecule has 6 heteroatoms. The van der Waals surface area contributed by atoms with Crippen molar-refractivity contribution in [3.05, 3.63) is 33.5 Å². The largest absolute Gasteiger partial charge is 0.478 e. The smallest absolute Gasteiger partial charge is 0.337 e. The van der Waals surface area contributed by atoms with Crippen molar-refractivity contribution >= 4 is 31.1 Å². The first-order chi connectivity index (χ1) is 15.0. The second-order valence-electron chi connectivity index (χ2n) is 10.2. The van der Waals surface area contributed by atoms with Gasteiger partial charge in [0.05, 0.1) is 11.1 Å². The van der Waals surface area contributed by atoms with Gasteiger partial charge in [0.15, 0.2) is 8.24 Å². The highest BCUT2D eigenvalue weighted by Gasteiger charge is 2.48. The van der Waals surface area contributed by atoms with E-state index in [1.165, 1.54) is 5.69 Å². The van der Waals surface area contributed by atoms with Gasteiger partial charge in [0, 0.05) is 16.6 Å². The third-order valence-corrected chi connectivity index (χ3v) is 14.8. The zero-order valence-electron chi connectivity index (χ0n) is 20.9. The van der Waals surface area contributed by atoms with E-state index in [1.807, 2.05) is 0 Å². The summed E-state index contributed by atoms with van der Waals surface area (Å²) in [6, 6.07) is 0. The molecule has 1 aliphatic carbocycles. The Bertz CT molecular complexity index is 1060. The van der Waals surface area contributed by atoms with Crippen molar-refractivity contribution in [2.45, 2.75) is 104 Å². The molecule has 0 saturated heterocycles. The van der Waals surface area contributed by atoms with Gasteiger partial charge in [-0.3, -0.25) is 0 Å². The summed E-state index contributed by atoms with van der Waals surface area (Å²) in [6.45, 7) is 18.2. The predicted octanol–water partition coefficient (Wildman–Crippen LogP) is 6.67. The molecule has 0 spiro atoms. The van der Waals surface area contributed by atoms with Crippen molar-refractivity contribution in [3.63, 3.8) is 0 Å². The van der Waals surface area contributed by atoms with E-state index >= 15 is 0 Å². The zero-order chi connectivity index (χ0) is 24.1. The van der Waals surface area contributed by atoms with Crippen LogP contribution in [0, 0.1) is 0 Å². The average Bonchev–Trinajstić information content (AvgIpc) is 3.28. The summed E-state index contributed by atoms with van der Waals surface area (Å²) < 4.78 is 2.63. The zero-order valence-corrected chi connectivity index (χ0v) is 21.9. The van der Waals surface area contributed by atoms with Crippen LogP contribution >= 0.6 is 0 Å². The molecule has 176 valence electrons. The minimum absolute atomic E-state index is 0.0117. The molecular weight excluding hydrogens is 418 g/mol. The molecule has 0 fully saturated rings. The van der Waals surface area contributed by atoms with Crippen molar-refractivity contribution in [2.24, 2.45) is 0 Å². The van der Waals surface area contributed by atoms with Crippen molar-refractivity contribution < 1.29 is 19.8 Å². The van der Waals surface area contributed by atoms with Crippen LogP contribution in [-0.4, -0.2) is 34.6 Å². The molecule has 32 heavy (non-hydrogen) atoms. The Balaban J connectivity index is 2.76. The summed E-state index contributed by atoms with van der Waals surface area (Å²) in [5.41, 5.74) is 6.57. The second kappa shape index (κ2) is 8.69. The van der Waals surface area contributed by atoms with E-state index in [2.05, 4.69) is 59.6 Å². The SMILES string of the molecule is CCc1c(CC)n([Si](C(C)C)(C(C)C)C(C)C)c2c3c(c(C(=O)O)c(C(=O)O)c12)CCC3. The molecule has 5 nitrogen and oxygen atoms in total. The van der Waals surface area contributed by atoms with Gasteiger partial charge in [-0.2, -0.15) is 0 Å². The number of hydrogen-bond donors (Lipinski definition) is 2. The molecule has 1 aromatic carbocycles. The van der Waals surface area contributed by atoms with Crippen molar-refractivity contribution in [3.8, 4) is 0 Å². The van der Waals surface area contributed by atoms with Crippen molar-refractivity contribution in [1.82, 2.24) is 4.23 Å². The van der Waals surface area contributed by atoms with Crippen LogP contribution in [0.15, 0.2) is 0 Å². The first-order valence-electron chi connectivity index (χ1n) is 12.2. The molecule has 0 bridgehead atoms. The maximum Gasteiger partial charge on any atom is 0.337 e. The van der Waals surface area contributed by atoms with Crippen LogP contribution in [0.2, 0.25) is 16.6 Å². The third-order valence-electron chi connectivity index (χ3n) is 7.96. The lowest BCUT2D eigenvalue weighted by Crippen LogP contribution is -2.52. The number of rotatable bonds is 8. The van der Waals surface area contributed by atoms with E-state index < -0.39 is 20.2 Å². The Morgan fingerprint density at radius 1 is 0.844 bits per heavy atom. The second-order valence-corrected chi connectivity index (χ2v) is 15.9. The Morgan fingerprint density at radius 3 is 1.75 bits per heavy atom. The van der Waals surface area contributed by atoms with Crippen LogP contribution < -0.4 is 0 Å². The summed E-state index contributed by atoms with van der Waals surface area (Å²) >= 11 is 0. The van der Waals surface area contributed by atoms with Gasteiger partial charge in [-0.05, 0) is 65.4 Å². The molecule has 1 aromatic heterocycles. The van der Waals surface area contributed by atoms with Gasteiger partial charge in [-0.25, -0.2) is 9.59 Å². The van der Waals surface area contributed by atoms with Crippen LogP contribution in [-0.2, 0) is 25.7 Å². The number of carbonyl (C=O) groups is 2. The van der Waals surface area contributed by atoms with Crippen molar-refractivity contribution in [2.75, 3.05) is 0 Å². The highest BCUT2D eigenvalue weighted by molar-refractivity contribution is 6.83. The fourth-order valence-electron chi connectivity index (χ4n) is 7.19. The first kappa shape index (κ1) is 24.6. The van der Waals surface area contributed by atoms with E-state index in [0.717, 1.165) is 41.5 Å². The van der Waals surface area contributed by atoms with Crippen LogP contribution in [0.3, 0.4) is 0 Å². The molecular formula is C26H39NO4Si. The lowest BCUT2D eigenvalue weighted by atomic mass is 9.91. The first-order valence-corrected chi connectivity index (χ1v) is 14.4. The highest BCUT2D eigenvalue weighted by Crippen LogP contribution is 2.49. The van der Waals surface area contributed by atoms with Gasteiger partial charge in [0.1, 0.15) is 0 Å². The maximum absolute atomic E-state index is 12.6. The molecule has 0 amide bonds. The average molecular weight is 458 g/mol. The Kier molecular flexibility index (Phi) is 6.67.